The van der Waals surface area contributed by atoms with Gasteiger partial charge >= 0.3 is 5.97 Å². The highest BCUT2D eigenvalue weighted by Gasteiger charge is 2.23. The van der Waals surface area contributed by atoms with Crippen LogP contribution < -0.4 is 15.8 Å². The average molecular weight is 370 g/mol. The van der Waals surface area contributed by atoms with Gasteiger partial charge in [0.05, 0.1) is 23.4 Å². The van der Waals surface area contributed by atoms with Crippen LogP contribution >= 0.6 is 11.6 Å². The quantitative estimate of drug-likeness (QED) is 0.604. The molecule has 25 heavy (non-hydrogen) atoms. The molecule has 0 aromatic heterocycles. The van der Waals surface area contributed by atoms with Gasteiger partial charge in [-0.1, -0.05) is 11.6 Å². The minimum absolute atomic E-state index is 0.190. The van der Waals surface area contributed by atoms with Gasteiger partial charge in [-0.3, -0.25) is 9.59 Å². The number of nitrogens with one attached hydrogen (secondary N) is 1. The smallest absolute Gasteiger partial charge is 0.303 e. The Morgan fingerprint density at radius 3 is 2.92 bits per heavy atom. The molecule has 1 heterocycles. The summed E-state index contributed by atoms with van der Waals surface area (Å²) in [6, 6.07) is 3.05. The first kappa shape index (κ1) is 19.3. The van der Waals surface area contributed by atoms with Gasteiger partial charge in [-0.25, -0.2) is 0 Å². The van der Waals surface area contributed by atoms with E-state index in [0.717, 1.165) is 26.1 Å². The van der Waals surface area contributed by atoms with Crippen LogP contribution in [0.5, 0.6) is 5.75 Å². The Hall–Kier alpha value is -1.99. The van der Waals surface area contributed by atoms with Gasteiger partial charge in [0, 0.05) is 25.6 Å². The number of nitrogens with zero attached hydrogens (tertiary/aromatic N) is 1. The highest BCUT2D eigenvalue weighted by atomic mass is 35.5. The second-order valence-electron chi connectivity index (χ2n) is 6.24. The third kappa shape index (κ3) is 5.51. The Morgan fingerprint density at radius 2 is 2.24 bits per heavy atom. The first-order valence-corrected chi connectivity index (χ1v) is 8.64. The predicted molar refractivity (Wildman–Crippen MR) is 96.2 cm³/mol. The fraction of sp³-hybridized carbons (Fsp3) is 0.529. The van der Waals surface area contributed by atoms with E-state index in [1.807, 2.05) is 0 Å². The van der Waals surface area contributed by atoms with E-state index in [-0.39, 0.29) is 12.3 Å². The van der Waals surface area contributed by atoms with Crippen LogP contribution in [0.25, 0.3) is 0 Å². The third-order valence-electron chi connectivity index (χ3n) is 4.35. The van der Waals surface area contributed by atoms with Crippen LogP contribution in [0.4, 0.5) is 5.69 Å². The molecular formula is C17H24ClN3O4. The summed E-state index contributed by atoms with van der Waals surface area (Å²) in [5.74, 6) is -0.271. The number of nitrogens with two attached hydrogens (primary N) is 1. The van der Waals surface area contributed by atoms with Crippen LogP contribution in [0.3, 0.4) is 0 Å². The molecule has 1 aliphatic heterocycles. The molecule has 1 aliphatic rings. The van der Waals surface area contributed by atoms with Crippen molar-refractivity contribution in [3.63, 3.8) is 0 Å². The topological polar surface area (TPSA) is 105 Å². The number of carboxylic acids is 1. The largest absolute Gasteiger partial charge is 0.496 e. The maximum Gasteiger partial charge on any atom is 0.303 e. The van der Waals surface area contributed by atoms with Crippen LogP contribution in [0, 0.1) is 5.92 Å². The Labute approximate surface area is 152 Å². The Morgan fingerprint density at radius 1 is 1.48 bits per heavy atom. The maximum atomic E-state index is 12.4. The number of halogens is 1. The van der Waals surface area contributed by atoms with Crippen LogP contribution in [-0.4, -0.2) is 55.2 Å². The lowest BCUT2D eigenvalue weighted by atomic mass is 10.1. The lowest BCUT2D eigenvalue weighted by Gasteiger charge is -2.16. The van der Waals surface area contributed by atoms with Gasteiger partial charge in [0.2, 0.25) is 0 Å². The van der Waals surface area contributed by atoms with Gasteiger partial charge in [-0.15, -0.1) is 0 Å². The number of hydrogen-bond acceptors (Lipinski definition) is 5. The summed E-state index contributed by atoms with van der Waals surface area (Å²) >= 11 is 5.99. The van der Waals surface area contributed by atoms with E-state index in [4.69, 9.17) is 27.2 Å². The molecule has 0 aliphatic carbocycles. The predicted octanol–water partition coefficient (Wildman–Crippen LogP) is 1.85. The zero-order valence-corrected chi connectivity index (χ0v) is 15.0. The number of benzene rings is 1. The normalized spacial score (nSPS) is 17.4. The van der Waals surface area contributed by atoms with E-state index >= 15 is 0 Å². The molecular weight excluding hydrogens is 346 g/mol. The number of aliphatic carboxylic acids is 1. The summed E-state index contributed by atoms with van der Waals surface area (Å²) in [4.78, 5) is 25.2. The SMILES string of the molecule is COc1cc(N)c(Cl)cc1C(=O)NCC1CCN(CCCC(=O)O)C1. The summed E-state index contributed by atoms with van der Waals surface area (Å²) in [5.41, 5.74) is 6.45. The molecule has 1 amide bonds. The molecule has 7 nitrogen and oxygen atoms in total. The molecule has 4 N–H and O–H groups in total. The molecule has 8 heteroatoms. The Kier molecular flexibility index (Phi) is 6.90. The van der Waals surface area contributed by atoms with Gasteiger partial charge in [-0.05, 0) is 37.9 Å². The molecule has 1 atom stereocenters. The van der Waals surface area contributed by atoms with E-state index in [2.05, 4.69) is 10.2 Å². The molecule has 1 aromatic rings. The molecule has 1 fully saturated rings. The molecule has 0 spiro atoms. The van der Waals surface area contributed by atoms with Gasteiger partial charge in [0.1, 0.15) is 5.75 Å². The van der Waals surface area contributed by atoms with Crippen molar-refractivity contribution in [3.8, 4) is 5.75 Å². The van der Waals surface area contributed by atoms with E-state index in [1.165, 1.54) is 19.2 Å². The van der Waals surface area contributed by atoms with Crippen molar-refractivity contribution in [2.24, 2.45) is 5.92 Å². The van der Waals surface area contributed by atoms with Gasteiger partial charge in [0.25, 0.3) is 5.91 Å². The Bertz CT molecular complexity index is 639. The first-order chi connectivity index (χ1) is 11.9. The number of anilines is 1. The number of ether oxygens (including phenoxy) is 1. The van der Waals surface area contributed by atoms with Crippen LogP contribution in [-0.2, 0) is 4.79 Å². The molecule has 2 rings (SSSR count). The third-order valence-corrected chi connectivity index (χ3v) is 4.68. The molecule has 0 bridgehead atoms. The lowest BCUT2D eigenvalue weighted by Crippen LogP contribution is -2.31. The van der Waals surface area contributed by atoms with Crippen molar-refractivity contribution in [1.29, 1.82) is 0 Å². The molecule has 1 unspecified atom stereocenters. The van der Waals surface area contributed by atoms with E-state index < -0.39 is 5.97 Å². The summed E-state index contributed by atoms with van der Waals surface area (Å²) in [6.45, 7) is 3.12. The van der Waals surface area contributed by atoms with Crippen LogP contribution in [0.2, 0.25) is 5.02 Å². The Balaban J connectivity index is 1.83. The molecule has 1 aromatic carbocycles. The molecule has 0 saturated carbocycles. The molecule has 138 valence electrons. The van der Waals surface area contributed by atoms with Crippen molar-refractivity contribution in [3.05, 3.63) is 22.7 Å². The lowest BCUT2D eigenvalue weighted by molar-refractivity contribution is -0.137. The van der Waals surface area contributed by atoms with E-state index in [1.54, 1.807) is 0 Å². The molecule has 1 saturated heterocycles. The van der Waals surface area contributed by atoms with Crippen molar-refractivity contribution in [1.82, 2.24) is 10.2 Å². The number of carbonyl (C=O) groups is 2. The molecule has 0 radical (unpaired) electrons. The van der Waals surface area contributed by atoms with Crippen LogP contribution in [0.1, 0.15) is 29.6 Å². The zero-order chi connectivity index (χ0) is 18.4. The highest BCUT2D eigenvalue weighted by molar-refractivity contribution is 6.33. The fourth-order valence-corrected chi connectivity index (χ4v) is 3.15. The number of amides is 1. The summed E-state index contributed by atoms with van der Waals surface area (Å²) in [7, 11) is 1.48. The number of methoxy groups -OCH3 is 1. The maximum absolute atomic E-state index is 12.4. The minimum atomic E-state index is -0.765. The standard InChI is InChI=1S/C17H24ClN3O4/c1-25-15-8-14(19)13(18)7-12(15)17(24)20-9-11-4-6-21(10-11)5-2-3-16(22)23/h7-8,11H,2-6,9-10,19H2,1H3,(H,20,24)(H,22,23). The number of likely N-dealkylation sites (tertiary alicyclic amines) is 1. The van der Waals surface area contributed by atoms with Gasteiger partial charge in [0.15, 0.2) is 0 Å². The van der Waals surface area contributed by atoms with Crippen LogP contribution in [0.15, 0.2) is 12.1 Å². The average Bonchev–Trinajstić information content (AvgIpc) is 3.02. The van der Waals surface area contributed by atoms with Gasteiger partial charge < -0.3 is 25.8 Å². The number of nitrogen functional groups attached to an aromatic ring is 1. The number of rotatable bonds is 8. The number of hydrogen-bond donors (Lipinski definition) is 3. The fourth-order valence-electron chi connectivity index (χ4n) is 2.98. The van der Waals surface area contributed by atoms with Crippen molar-refractivity contribution in [2.45, 2.75) is 19.3 Å². The van der Waals surface area contributed by atoms with E-state index in [0.29, 0.717) is 40.9 Å². The summed E-state index contributed by atoms with van der Waals surface area (Å²) < 4.78 is 5.20. The van der Waals surface area contributed by atoms with Crippen molar-refractivity contribution >= 4 is 29.2 Å². The number of carbonyl (C=O) groups excluding carboxylic acids is 1. The number of carboxylic acid groups (broad SMARTS) is 1. The van der Waals surface area contributed by atoms with Crippen molar-refractivity contribution in [2.75, 3.05) is 39.0 Å². The second kappa shape index (κ2) is 8.92. The summed E-state index contributed by atoms with van der Waals surface area (Å²) in [5, 5.41) is 11.9. The minimum Gasteiger partial charge on any atom is -0.496 e. The summed E-state index contributed by atoms with van der Waals surface area (Å²) in [6.07, 6.45) is 1.82. The second-order valence-corrected chi connectivity index (χ2v) is 6.64. The highest BCUT2D eigenvalue weighted by Crippen LogP contribution is 2.28. The van der Waals surface area contributed by atoms with Gasteiger partial charge in [-0.2, -0.15) is 0 Å². The van der Waals surface area contributed by atoms with Crippen molar-refractivity contribution < 1.29 is 19.4 Å². The van der Waals surface area contributed by atoms with E-state index in [9.17, 15) is 9.59 Å². The first-order valence-electron chi connectivity index (χ1n) is 8.26. The monoisotopic (exact) mass is 369 g/mol. The zero-order valence-electron chi connectivity index (χ0n) is 14.3.